The molecule has 0 aromatic carbocycles. The van der Waals surface area contributed by atoms with Crippen molar-refractivity contribution in [3.05, 3.63) is 18.0 Å². The summed E-state index contributed by atoms with van der Waals surface area (Å²) in [5, 5.41) is 11.9. The van der Waals surface area contributed by atoms with E-state index in [1.165, 1.54) is 12.3 Å². The average Bonchev–Trinajstić information content (AvgIpc) is 2.45. The number of nitrogens with zero attached hydrogens (tertiary/aromatic N) is 2. The second kappa shape index (κ2) is 4.33. The van der Waals surface area contributed by atoms with Crippen LogP contribution in [0.4, 0.5) is 13.2 Å². The van der Waals surface area contributed by atoms with E-state index in [2.05, 4.69) is 5.10 Å². The minimum atomic E-state index is -4.34. The number of carboxylic acids is 1. The molecular formula is C8H9F3N2O2. The number of hydrogen-bond donors (Lipinski definition) is 1. The maximum absolute atomic E-state index is 12.0. The zero-order chi connectivity index (χ0) is 11.5. The standard InChI is InChI=1S/C8H9F3N2O2/c9-8(10,11)5-13-6(3-4-12-13)1-2-7(14)15/h3-4H,1-2,5H2,(H,14,15). The van der Waals surface area contributed by atoms with Gasteiger partial charge in [-0.05, 0) is 12.5 Å². The van der Waals surface area contributed by atoms with E-state index < -0.39 is 18.7 Å². The number of hydrogen-bond acceptors (Lipinski definition) is 2. The Morgan fingerprint density at radius 2 is 2.20 bits per heavy atom. The van der Waals surface area contributed by atoms with Gasteiger partial charge in [0, 0.05) is 11.9 Å². The number of halogens is 3. The summed E-state index contributed by atoms with van der Waals surface area (Å²) in [7, 11) is 0. The van der Waals surface area contributed by atoms with Crippen LogP contribution in [-0.4, -0.2) is 27.0 Å². The van der Waals surface area contributed by atoms with E-state index in [-0.39, 0.29) is 18.5 Å². The van der Waals surface area contributed by atoms with Gasteiger partial charge < -0.3 is 5.11 Å². The largest absolute Gasteiger partial charge is 0.481 e. The van der Waals surface area contributed by atoms with Gasteiger partial charge in [0.1, 0.15) is 6.54 Å². The zero-order valence-corrected chi connectivity index (χ0v) is 7.66. The predicted octanol–water partition coefficient (Wildman–Crippen LogP) is 1.46. The third kappa shape index (κ3) is 4.01. The van der Waals surface area contributed by atoms with Crippen molar-refractivity contribution in [1.82, 2.24) is 9.78 Å². The lowest BCUT2D eigenvalue weighted by Gasteiger charge is -2.09. The Kier molecular flexibility index (Phi) is 3.33. The Morgan fingerprint density at radius 3 is 2.73 bits per heavy atom. The zero-order valence-electron chi connectivity index (χ0n) is 7.66. The number of aryl methyl sites for hydroxylation is 1. The Hall–Kier alpha value is -1.53. The van der Waals surface area contributed by atoms with Crippen molar-refractivity contribution in [3.8, 4) is 0 Å². The fourth-order valence-corrected chi connectivity index (χ4v) is 1.12. The van der Waals surface area contributed by atoms with Crippen LogP contribution in [0.3, 0.4) is 0 Å². The smallest absolute Gasteiger partial charge is 0.408 e. The predicted molar refractivity (Wildman–Crippen MR) is 44.2 cm³/mol. The molecule has 1 rings (SSSR count). The van der Waals surface area contributed by atoms with E-state index in [1.54, 1.807) is 0 Å². The molecule has 1 aromatic heterocycles. The van der Waals surface area contributed by atoms with Crippen LogP contribution >= 0.6 is 0 Å². The van der Waals surface area contributed by atoms with Crippen molar-refractivity contribution in [2.45, 2.75) is 25.6 Å². The lowest BCUT2D eigenvalue weighted by Crippen LogP contribution is -2.20. The Morgan fingerprint density at radius 1 is 1.53 bits per heavy atom. The molecule has 0 amide bonds. The van der Waals surface area contributed by atoms with Crippen LogP contribution in [-0.2, 0) is 17.8 Å². The molecule has 0 saturated heterocycles. The molecule has 84 valence electrons. The molecule has 7 heteroatoms. The van der Waals surface area contributed by atoms with E-state index in [4.69, 9.17) is 5.11 Å². The molecule has 0 fully saturated rings. The van der Waals surface area contributed by atoms with Gasteiger partial charge in [0.05, 0.1) is 6.42 Å². The van der Waals surface area contributed by atoms with Crippen LogP contribution in [0.15, 0.2) is 12.3 Å². The van der Waals surface area contributed by atoms with Gasteiger partial charge in [0.2, 0.25) is 0 Å². The topological polar surface area (TPSA) is 55.1 Å². The highest BCUT2D eigenvalue weighted by molar-refractivity contribution is 5.66. The van der Waals surface area contributed by atoms with Crippen LogP contribution in [0.2, 0.25) is 0 Å². The number of alkyl halides is 3. The number of aromatic nitrogens is 2. The molecule has 1 heterocycles. The summed E-state index contributed by atoms with van der Waals surface area (Å²) in [6, 6.07) is 1.38. The van der Waals surface area contributed by atoms with Gasteiger partial charge in [-0.1, -0.05) is 0 Å². The molecular weight excluding hydrogens is 213 g/mol. The molecule has 0 bridgehead atoms. The third-order valence-electron chi connectivity index (χ3n) is 1.73. The minimum Gasteiger partial charge on any atom is -0.481 e. The first kappa shape index (κ1) is 11.5. The summed E-state index contributed by atoms with van der Waals surface area (Å²) < 4.78 is 36.8. The molecule has 0 aliphatic heterocycles. The van der Waals surface area contributed by atoms with Gasteiger partial charge in [0.25, 0.3) is 0 Å². The van der Waals surface area contributed by atoms with Crippen LogP contribution in [0.5, 0.6) is 0 Å². The fourth-order valence-electron chi connectivity index (χ4n) is 1.12. The summed E-state index contributed by atoms with van der Waals surface area (Å²) in [5.74, 6) is -1.05. The molecule has 0 atom stereocenters. The van der Waals surface area contributed by atoms with E-state index >= 15 is 0 Å². The van der Waals surface area contributed by atoms with Crippen molar-refractivity contribution >= 4 is 5.97 Å². The fraction of sp³-hybridized carbons (Fsp3) is 0.500. The van der Waals surface area contributed by atoms with Gasteiger partial charge in [-0.3, -0.25) is 9.48 Å². The second-order valence-corrected chi connectivity index (χ2v) is 2.99. The monoisotopic (exact) mass is 222 g/mol. The number of carbonyl (C=O) groups is 1. The van der Waals surface area contributed by atoms with Gasteiger partial charge in [-0.15, -0.1) is 0 Å². The third-order valence-corrected chi connectivity index (χ3v) is 1.73. The highest BCUT2D eigenvalue weighted by atomic mass is 19.4. The lowest BCUT2D eigenvalue weighted by atomic mass is 10.2. The quantitative estimate of drug-likeness (QED) is 0.839. The van der Waals surface area contributed by atoms with E-state index in [0.717, 1.165) is 4.68 Å². The summed E-state index contributed by atoms with van der Waals surface area (Å²) in [6.45, 7) is -1.19. The molecule has 0 unspecified atom stereocenters. The summed E-state index contributed by atoms with van der Waals surface area (Å²) in [5.41, 5.74) is 0.273. The first-order valence-electron chi connectivity index (χ1n) is 4.18. The van der Waals surface area contributed by atoms with Crippen LogP contribution in [0.1, 0.15) is 12.1 Å². The van der Waals surface area contributed by atoms with Gasteiger partial charge in [-0.25, -0.2) is 0 Å². The Bertz CT molecular complexity index is 346. The first-order chi connectivity index (χ1) is 6.88. The van der Waals surface area contributed by atoms with Gasteiger partial charge in [-0.2, -0.15) is 18.3 Å². The maximum Gasteiger partial charge on any atom is 0.408 e. The number of rotatable bonds is 4. The van der Waals surface area contributed by atoms with Crippen molar-refractivity contribution < 1.29 is 23.1 Å². The second-order valence-electron chi connectivity index (χ2n) is 2.99. The van der Waals surface area contributed by atoms with Crippen molar-refractivity contribution in [2.75, 3.05) is 0 Å². The molecule has 1 aromatic rings. The molecule has 0 radical (unpaired) electrons. The molecule has 0 aliphatic rings. The highest BCUT2D eigenvalue weighted by Crippen LogP contribution is 2.18. The summed E-state index contributed by atoms with van der Waals surface area (Å²) >= 11 is 0. The van der Waals surface area contributed by atoms with Gasteiger partial charge >= 0.3 is 12.1 Å². The lowest BCUT2D eigenvalue weighted by molar-refractivity contribution is -0.143. The Labute approximate surface area is 83.3 Å². The van der Waals surface area contributed by atoms with Crippen LogP contribution < -0.4 is 0 Å². The van der Waals surface area contributed by atoms with Crippen molar-refractivity contribution in [3.63, 3.8) is 0 Å². The molecule has 4 nitrogen and oxygen atoms in total. The van der Waals surface area contributed by atoms with Crippen molar-refractivity contribution in [1.29, 1.82) is 0 Å². The highest BCUT2D eigenvalue weighted by Gasteiger charge is 2.29. The SMILES string of the molecule is O=C(O)CCc1ccnn1CC(F)(F)F. The normalized spacial score (nSPS) is 11.7. The summed E-state index contributed by atoms with van der Waals surface area (Å²) in [6.07, 6.45) is -3.28. The summed E-state index contributed by atoms with van der Waals surface area (Å²) in [4.78, 5) is 10.2. The van der Waals surface area contributed by atoms with E-state index in [1.807, 2.05) is 0 Å². The Balaban J connectivity index is 2.65. The molecule has 1 N–H and O–H groups in total. The maximum atomic E-state index is 12.0. The minimum absolute atomic E-state index is 0.0470. The van der Waals surface area contributed by atoms with Gasteiger partial charge in [0.15, 0.2) is 0 Å². The number of aliphatic carboxylic acids is 1. The van der Waals surface area contributed by atoms with Crippen LogP contribution in [0, 0.1) is 0 Å². The molecule has 15 heavy (non-hydrogen) atoms. The molecule has 0 spiro atoms. The van der Waals surface area contributed by atoms with Crippen LogP contribution in [0.25, 0.3) is 0 Å². The first-order valence-corrected chi connectivity index (χ1v) is 4.18. The van der Waals surface area contributed by atoms with E-state index in [9.17, 15) is 18.0 Å². The molecule has 0 aliphatic carbocycles. The average molecular weight is 222 g/mol. The molecule has 0 saturated carbocycles. The van der Waals surface area contributed by atoms with E-state index in [0.29, 0.717) is 0 Å². The van der Waals surface area contributed by atoms with Crippen molar-refractivity contribution in [2.24, 2.45) is 0 Å². The number of carboxylic acid groups (broad SMARTS) is 1.